The van der Waals surface area contributed by atoms with Crippen LogP contribution in [0.4, 0.5) is 18.9 Å². The second-order valence-electron chi connectivity index (χ2n) is 7.04. The van der Waals surface area contributed by atoms with Crippen molar-refractivity contribution in [1.82, 2.24) is 4.72 Å². The Labute approximate surface area is 152 Å². The van der Waals surface area contributed by atoms with Gasteiger partial charge in [-0.1, -0.05) is 0 Å². The molecule has 0 saturated heterocycles. The van der Waals surface area contributed by atoms with Crippen LogP contribution in [0.2, 0.25) is 0 Å². The Morgan fingerprint density at radius 3 is 2.23 bits per heavy atom. The highest BCUT2D eigenvalue weighted by atomic mass is 32.2. The second kappa shape index (κ2) is 8.39. The van der Waals surface area contributed by atoms with Gasteiger partial charge in [-0.05, 0) is 64.3 Å². The molecule has 1 aromatic carbocycles. The number of rotatable bonds is 7. The van der Waals surface area contributed by atoms with Crippen LogP contribution in [0.15, 0.2) is 18.2 Å². The van der Waals surface area contributed by atoms with Crippen molar-refractivity contribution in [2.24, 2.45) is 0 Å². The normalized spacial score (nSPS) is 12.9. The highest BCUT2D eigenvalue weighted by molar-refractivity contribution is 7.90. The predicted molar refractivity (Wildman–Crippen MR) is 95.3 cm³/mol. The zero-order chi connectivity index (χ0) is 20.2. The van der Waals surface area contributed by atoms with Crippen molar-refractivity contribution in [2.75, 3.05) is 11.9 Å². The summed E-state index contributed by atoms with van der Waals surface area (Å²) in [6.07, 6.45) is -3.34. The molecule has 1 amide bonds. The first-order chi connectivity index (χ1) is 11.7. The zero-order valence-corrected chi connectivity index (χ0v) is 16.1. The molecule has 0 aliphatic heterocycles. The molecule has 9 heteroatoms. The number of carbonyl (C=O) groups is 1. The van der Waals surface area contributed by atoms with Crippen LogP contribution in [0, 0.1) is 6.92 Å². The number of hydrogen-bond donors (Lipinski definition) is 2. The lowest BCUT2D eigenvalue weighted by Gasteiger charge is -2.19. The summed E-state index contributed by atoms with van der Waals surface area (Å²) >= 11 is 0. The van der Waals surface area contributed by atoms with Gasteiger partial charge in [0.15, 0.2) is 0 Å². The van der Waals surface area contributed by atoms with Crippen molar-refractivity contribution >= 4 is 21.6 Å². The Balaban J connectivity index is 2.44. The van der Waals surface area contributed by atoms with Gasteiger partial charge in [-0.15, -0.1) is 0 Å². The summed E-state index contributed by atoms with van der Waals surface area (Å²) in [4.78, 5) is 11.9. The number of nitrogens with one attached hydrogen (secondary N) is 2. The fourth-order valence-electron chi connectivity index (χ4n) is 2.03. The van der Waals surface area contributed by atoms with Gasteiger partial charge >= 0.3 is 6.18 Å². The second-order valence-corrected chi connectivity index (χ2v) is 9.56. The molecule has 0 atom stereocenters. The zero-order valence-electron chi connectivity index (χ0n) is 15.3. The van der Waals surface area contributed by atoms with Crippen LogP contribution in [0.5, 0.6) is 0 Å². The third kappa shape index (κ3) is 6.60. The standard InChI is InChI=1S/C17H25F3N2O3S/c1-12-11-13(17(18,19)20)8-9-14(12)22-15(23)7-5-6-10-21-26(24,25)16(2,3)4/h8-9,11,21H,5-7,10H2,1-4H3,(H,22,23). The average Bonchev–Trinajstić information content (AvgIpc) is 2.46. The molecule has 0 unspecified atom stereocenters. The number of unbranched alkanes of at least 4 members (excludes halogenated alkanes) is 1. The third-order valence-electron chi connectivity index (χ3n) is 3.76. The first-order valence-electron chi connectivity index (χ1n) is 8.21. The van der Waals surface area contributed by atoms with Crippen LogP contribution in [0.1, 0.15) is 51.2 Å². The number of alkyl halides is 3. The SMILES string of the molecule is Cc1cc(C(F)(F)F)ccc1NC(=O)CCCCNS(=O)(=O)C(C)(C)C. The number of sulfonamides is 1. The lowest BCUT2D eigenvalue weighted by Crippen LogP contribution is -2.39. The maximum Gasteiger partial charge on any atom is 0.416 e. The average molecular weight is 394 g/mol. The number of anilines is 1. The molecule has 2 N–H and O–H groups in total. The van der Waals surface area contributed by atoms with E-state index < -0.39 is 26.5 Å². The summed E-state index contributed by atoms with van der Waals surface area (Å²) in [7, 11) is -3.41. The lowest BCUT2D eigenvalue weighted by molar-refractivity contribution is -0.137. The Kier molecular flexibility index (Phi) is 7.24. The van der Waals surface area contributed by atoms with E-state index in [1.807, 2.05) is 0 Å². The van der Waals surface area contributed by atoms with Crippen molar-refractivity contribution in [1.29, 1.82) is 0 Å². The van der Waals surface area contributed by atoms with Gasteiger partial charge in [-0.2, -0.15) is 13.2 Å². The number of halogens is 3. The lowest BCUT2D eigenvalue weighted by atomic mass is 10.1. The van der Waals surface area contributed by atoms with E-state index in [-0.39, 0.29) is 18.9 Å². The number of benzene rings is 1. The molecule has 0 aliphatic rings. The van der Waals surface area contributed by atoms with Crippen LogP contribution >= 0.6 is 0 Å². The number of amides is 1. The van der Waals surface area contributed by atoms with Crippen LogP contribution in [0.3, 0.4) is 0 Å². The Morgan fingerprint density at radius 2 is 1.73 bits per heavy atom. The van der Waals surface area contributed by atoms with Crippen molar-refractivity contribution in [3.8, 4) is 0 Å². The highest BCUT2D eigenvalue weighted by Gasteiger charge is 2.30. The van der Waals surface area contributed by atoms with Gasteiger partial charge in [-0.3, -0.25) is 4.79 Å². The summed E-state index contributed by atoms with van der Waals surface area (Å²) in [5, 5.41) is 2.58. The van der Waals surface area contributed by atoms with Crippen molar-refractivity contribution in [3.63, 3.8) is 0 Å². The van der Waals surface area contributed by atoms with Gasteiger partial charge in [0.05, 0.1) is 10.3 Å². The van der Waals surface area contributed by atoms with Gasteiger partial charge in [0.1, 0.15) is 0 Å². The molecule has 0 fully saturated rings. The largest absolute Gasteiger partial charge is 0.416 e. The molecular formula is C17H25F3N2O3S. The van der Waals surface area contributed by atoms with Crippen LogP contribution in [-0.4, -0.2) is 25.6 Å². The highest BCUT2D eigenvalue weighted by Crippen LogP contribution is 2.31. The van der Waals surface area contributed by atoms with Crippen LogP contribution in [-0.2, 0) is 21.0 Å². The van der Waals surface area contributed by atoms with E-state index in [1.54, 1.807) is 20.8 Å². The topological polar surface area (TPSA) is 75.3 Å². The van der Waals surface area contributed by atoms with Gasteiger partial charge in [0.2, 0.25) is 15.9 Å². The first-order valence-corrected chi connectivity index (χ1v) is 9.69. The molecule has 26 heavy (non-hydrogen) atoms. The van der Waals surface area contributed by atoms with E-state index in [4.69, 9.17) is 0 Å². The van der Waals surface area contributed by atoms with Crippen LogP contribution < -0.4 is 10.0 Å². The fourth-order valence-corrected chi connectivity index (χ4v) is 2.87. The first kappa shape index (κ1) is 22.4. The Morgan fingerprint density at radius 1 is 1.12 bits per heavy atom. The van der Waals surface area contributed by atoms with Gasteiger partial charge in [0.25, 0.3) is 0 Å². The maximum absolute atomic E-state index is 12.6. The fraction of sp³-hybridized carbons (Fsp3) is 0.588. The van der Waals surface area contributed by atoms with Gasteiger partial charge in [-0.25, -0.2) is 13.1 Å². The van der Waals surface area contributed by atoms with Crippen molar-refractivity contribution in [2.45, 2.75) is 57.9 Å². The molecule has 5 nitrogen and oxygen atoms in total. The van der Waals surface area contributed by atoms with E-state index >= 15 is 0 Å². The maximum atomic E-state index is 12.6. The molecule has 0 aliphatic carbocycles. The molecule has 0 spiro atoms. The van der Waals surface area contributed by atoms with Crippen molar-refractivity contribution < 1.29 is 26.4 Å². The summed E-state index contributed by atoms with van der Waals surface area (Å²) < 4.78 is 63.2. The monoisotopic (exact) mass is 394 g/mol. The Hall–Kier alpha value is -1.61. The molecule has 148 valence electrons. The summed E-state index contributed by atoms with van der Waals surface area (Å²) in [5.74, 6) is -0.327. The summed E-state index contributed by atoms with van der Waals surface area (Å²) in [6, 6.07) is 3.13. The summed E-state index contributed by atoms with van der Waals surface area (Å²) in [5.41, 5.74) is -0.110. The van der Waals surface area contributed by atoms with Gasteiger partial charge in [0, 0.05) is 18.7 Å². The van der Waals surface area contributed by atoms with Crippen molar-refractivity contribution in [3.05, 3.63) is 29.3 Å². The minimum absolute atomic E-state index is 0.151. The third-order valence-corrected chi connectivity index (χ3v) is 5.95. The van der Waals surface area contributed by atoms with E-state index in [9.17, 15) is 26.4 Å². The quantitative estimate of drug-likeness (QED) is 0.690. The molecule has 0 heterocycles. The molecule has 0 radical (unpaired) electrons. The molecule has 0 saturated carbocycles. The number of carbonyl (C=O) groups excluding carboxylic acids is 1. The molecular weight excluding hydrogens is 369 g/mol. The van der Waals surface area contributed by atoms with E-state index in [1.165, 1.54) is 13.0 Å². The van der Waals surface area contributed by atoms with E-state index in [0.29, 0.717) is 24.1 Å². The minimum atomic E-state index is -4.42. The molecule has 0 aromatic heterocycles. The number of hydrogen-bond acceptors (Lipinski definition) is 3. The smallest absolute Gasteiger partial charge is 0.326 e. The van der Waals surface area contributed by atoms with Gasteiger partial charge < -0.3 is 5.32 Å². The van der Waals surface area contributed by atoms with E-state index in [0.717, 1.165) is 12.1 Å². The van der Waals surface area contributed by atoms with E-state index in [2.05, 4.69) is 10.0 Å². The minimum Gasteiger partial charge on any atom is -0.326 e. The molecule has 1 rings (SSSR count). The number of aryl methyl sites for hydroxylation is 1. The molecule has 0 bridgehead atoms. The molecule has 1 aromatic rings. The van der Waals surface area contributed by atoms with Crippen LogP contribution in [0.25, 0.3) is 0 Å². The predicted octanol–water partition coefficient (Wildman–Crippen LogP) is 3.84. The summed E-state index contributed by atoms with van der Waals surface area (Å²) in [6.45, 7) is 6.50. The Bertz CT molecular complexity index is 739.